The fraction of sp³-hybridized carbons (Fsp3) is 0.429. The van der Waals surface area contributed by atoms with Crippen molar-refractivity contribution in [1.29, 1.82) is 0 Å². The van der Waals surface area contributed by atoms with E-state index in [9.17, 15) is 14.0 Å². The number of aliphatic carboxylic acids is 1. The van der Waals surface area contributed by atoms with Crippen molar-refractivity contribution in [3.8, 4) is 0 Å². The number of halogens is 2. The monoisotopic (exact) mass is 299 g/mol. The van der Waals surface area contributed by atoms with Crippen LogP contribution < -0.4 is 5.32 Å². The summed E-state index contributed by atoms with van der Waals surface area (Å²) < 4.78 is 13.7. The van der Waals surface area contributed by atoms with Gasteiger partial charge in [-0.3, -0.25) is 9.59 Å². The number of carbonyl (C=O) groups is 2. The predicted molar refractivity (Wildman–Crippen MR) is 72.1 cm³/mol. The average molecular weight is 300 g/mol. The summed E-state index contributed by atoms with van der Waals surface area (Å²) in [7, 11) is 0. The highest BCUT2D eigenvalue weighted by molar-refractivity contribution is 6.31. The van der Waals surface area contributed by atoms with Crippen LogP contribution in [0.4, 0.5) is 4.39 Å². The Kier molecular flexibility index (Phi) is 4.28. The number of carbonyl (C=O) groups excluding carboxylic acids is 1. The molecule has 0 aliphatic heterocycles. The van der Waals surface area contributed by atoms with E-state index in [1.165, 1.54) is 19.1 Å². The number of hydrogen-bond acceptors (Lipinski definition) is 2. The second-order valence-electron chi connectivity index (χ2n) is 5.07. The molecule has 3 atom stereocenters. The molecule has 6 heteroatoms. The van der Waals surface area contributed by atoms with Gasteiger partial charge in [-0.2, -0.15) is 0 Å². The Morgan fingerprint density at radius 3 is 2.85 bits per heavy atom. The van der Waals surface area contributed by atoms with Crippen LogP contribution >= 0.6 is 11.6 Å². The number of hydrogen-bond donors (Lipinski definition) is 2. The van der Waals surface area contributed by atoms with Crippen LogP contribution in [0.1, 0.15) is 24.8 Å². The first-order chi connectivity index (χ1) is 9.41. The molecule has 0 heterocycles. The van der Waals surface area contributed by atoms with E-state index in [2.05, 4.69) is 5.32 Å². The zero-order valence-electron chi connectivity index (χ0n) is 10.9. The van der Waals surface area contributed by atoms with Gasteiger partial charge in [0, 0.05) is 29.0 Å². The minimum atomic E-state index is -0.963. The molecule has 108 valence electrons. The van der Waals surface area contributed by atoms with Crippen molar-refractivity contribution in [2.75, 3.05) is 6.54 Å². The fourth-order valence-electron chi connectivity index (χ4n) is 2.14. The standard InChI is InChI=1S/C14H15ClFNO3/c1-7(14(19)20)6-17-13(18)9-5-8(9)12-10(15)3-2-4-11(12)16/h2-4,7-9H,5-6H2,1H3,(H,17,18)(H,19,20). The minimum absolute atomic E-state index is 0.0718. The molecule has 1 aromatic rings. The molecule has 1 saturated carbocycles. The van der Waals surface area contributed by atoms with Gasteiger partial charge >= 0.3 is 5.97 Å². The quantitative estimate of drug-likeness (QED) is 0.877. The molecular weight excluding hydrogens is 285 g/mol. The molecule has 0 saturated heterocycles. The van der Waals surface area contributed by atoms with Gasteiger partial charge in [0.2, 0.25) is 5.91 Å². The third-order valence-corrected chi connectivity index (χ3v) is 3.83. The van der Waals surface area contributed by atoms with Crippen molar-refractivity contribution < 1.29 is 19.1 Å². The summed E-state index contributed by atoms with van der Waals surface area (Å²) in [6.45, 7) is 1.59. The van der Waals surface area contributed by atoms with Crippen LogP contribution in [0.25, 0.3) is 0 Å². The molecule has 0 bridgehead atoms. The summed E-state index contributed by atoms with van der Waals surface area (Å²) in [5.74, 6) is -2.81. The molecular formula is C14H15ClFNO3. The van der Waals surface area contributed by atoms with Gasteiger partial charge in [-0.05, 0) is 18.6 Å². The number of nitrogens with one attached hydrogen (secondary N) is 1. The van der Waals surface area contributed by atoms with Crippen LogP contribution in [0, 0.1) is 17.7 Å². The van der Waals surface area contributed by atoms with Crippen molar-refractivity contribution in [2.24, 2.45) is 11.8 Å². The van der Waals surface area contributed by atoms with Gasteiger partial charge in [0.25, 0.3) is 0 Å². The van der Waals surface area contributed by atoms with Gasteiger partial charge in [-0.1, -0.05) is 24.6 Å². The van der Waals surface area contributed by atoms with E-state index in [1.807, 2.05) is 0 Å². The molecule has 1 aliphatic rings. The number of amides is 1. The summed E-state index contributed by atoms with van der Waals surface area (Å²) in [5, 5.41) is 11.6. The summed E-state index contributed by atoms with van der Waals surface area (Å²) in [5.41, 5.74) is 0.376. The van der Waals surface area contributed by atoms with Crippen LogP contribution in [0.15, 0.2) is 18.2 Å². The molecule has 0 aromatic heterocycles. The molecule has 20 heavy (non-hydrogen) atoms. The van der Waals surface area contributed by atoms with Crippen LogP contribution in [-0.2, 0) is 9.59 Å². The maximum absolute atomic E-state index is 13.7. The zero-order valence-corrected chi connectivity index (χ0v) is 11.7. The lowest BCUT2D eigenvalue weighted by molar-refractivity contribution is -0.141. The van der Waals surface area contributed by atoms with Gasteiger partial charge in [0.15, 0.2) is 0 Å². The summed E-state index contributed by atoms with van der Waals surface area (Å²) in [6, 6.07) is 4.44. The molecule has 4 nitrogen and oxygen atoms in total. The SMILES string of the molecule is CC(CNC(=O)C1CC1c1c(F)cccc1Cl)C(=O)O. The topological polar surface area (TPSA) is 66.4 Å². The predicted octanol–water partition coefficient (Wildman–Crippen LogP) is 2.42. The molecule has 0 radical (unpaired) electrons. The molecule has 1 aliphatic carbocycles. The third kappa shape index (κ3) is 3.10. The van der Waals surface area contributed by atoms with E-state index in [-0.39, 0.29) is 24.3 Å². The van der Waals surface area contributed by atoms with Gasteiger partial charge in [-0.25, -0.2) is 4.39 Å². The third-order valence-electron chi connectivity index (χ3n) is 3.50. The highest BCUT2D eigenvalue weighted by Crippen LogP contribution is 2.50. The van der Waals surface area contributed by atoms with Crippen molar-refractivity contribution >= 4 is 23.5 Å². The first kappa shape index (κ1) is 14.8. The summed E-state index contributed by atoms with van der Waals surface area (Å²) in [6.07, 6.45) is 0.536. The lowest BCUT2D eigenvalue weighted by Gasteiger charge is -2.09. The number of carboxylic acid groups (broad SMARTS) is 1. The van der Waals surface area contributed by atoms with Gasteiger partial charge in [-0.15, -0.1) is 0 Å². The van der Waals surface area contributed by atoms with E-state index in [4.69, 9.17) is 16.7 Å². The number of benzene rings is 1. The Hall–Kier alpha value is -1.62. The van der Waals surface area contributed by atoms with Crippen LogP contribution in [0.2, 0.25) is 5.02 Å². The fourth-order valence-corrected chi connectivity index (χ4v) is 2.44. The molecule has 2 N–H and O–H groups in total. The lowest BCUT2D eigenvalue weighted by Crippen LogP contribution is -2.32. The molecule has 3 unspecified atom stereocenters. The summed E-state index contributed by atoms with van der Waals surface area (Å²) in [4.78, 5) is 22.5. The van der Waals surface area contributed by atoms with E-state index in [0.717, 1.165) is 0 Å². The second kappa shape index (κ2) is 5.79. The molecule has 1 fully saturated rings. The molecule has 2 rings (SSSR count). The normalized spacial score (nSPS) is 22.1. The van der Waals surface area contributed by atoms with E-state index in [1.54, 1.807) is 6.07 Å². The highest BCUT2D eigenvalue weighted by atomic mass is 35.5. The summed E-state index contributed by atoms with van der Waals surface area (Å²) >= 11 is 5.95. The second-order valence-corrected chi connectivity index (χ2v) is 5.48. The Morgan fingerprint density at radius 1 is 1.55 bits per heavy atom. The van der Waals surface area contributed by atoms with Gasteiger partial charge in [0.1, 0.15) is 5.82 Å². The van der Waals surface area contributed by atoms with Gasteiger partial charge < -0.3 is 10.4 Å². The van der Waals surface area contributed by atoms with Crippen LogP contribution in [0.3, 0.4) is 0 Å². The average Bonchev–Trinajstić information content (AvgIpc) is 3.15. The lowest BCUT2D eigenvalue weighted by atomic mass is 10.1. The molecule has 1 amide bonds. The smallest absolute Gasteiger partial charge is 0.308 e. The number of carboxylic acids is 1. The molecule has 0 spiro atoms. The maximum Gasteiger partial charge on any atom is 0.308 e. The van der Waals surface area contributed by atoms with Crippen molar-refractivity contribution in [3.63, 3.8) is 0 Å². The van der Waals surface area contributed by atoms with E-state index >= 15 is 0 Å². The Balaban J connectivity index is 1.95. The minimum Gasteiger partial charge on any atom is -0.481 e. The van der Waals surface area contributed by atoms with Crippen molar-refractivity contribution in [2.45, 2.75) is 19.3 Å². The van der Waals surface area contributed by atoms with Gasteiger partial charge in [0.05, 0.1) is 5.92 Å². The highest BCUT2D eigenvalue weighted by Gasteiger charge is 2.46. The Morgan fingerprint density at radius 2 is 2.25 bits per heavy atom. The maximum atomic E-state index is 13.7. The zero-order chi connectivity index (χ0) is 14.9. The van der Waals surface area contributed by atoms with E-state index in [0.29, 0.717) is 17.0 Å². The largest absolute Gasteiger partial charge is 0.481 e. The van der Waals surface area contributed by atoms with E-state index < -0.39 is 17.7 Å². The van der Waals surface area contributed by atoms with Crippen LogP contribution in [-0.4, -0.2) is 23.5 Å². The van der Waals surface area contributed by atoms with Crippen molar-refractivity contribution in [3.05, 3.63) is 34.6 Å². The Bertz CT molecular complexity index is 529. The Labute approximate surface area is 120 Å². The molecule has 1 aromatic carbocycles. The van der Waals surface area contributed by atoms with Crippen molar-refractivity contribution in [1.82, 2.24) is 5.32 Å². The number of rotatable bonds is 5. The first-order valence-corrected chi connectivity index (χ1v) is 6.74. The van der Waals surface area contributed by atoms with Crippen LogP contribution in [0.5, 0.6) is 0 Å². The first-order valence-electron chi connectivity index (χ1n) is 6.36.